The van der Waals surface area contributed by atoms with E-state index in [-0.39, 0.29) is 224 Å². The van der Waals surface area contributed by atoms with Crippen LogP contribution in [0.25, 0.3) is 0 Å². The highest BCUT2D eigenvalue weighted by molar-refractivity contribution is 6.10. The molecule has 790 valence electrons. The van der Waals surface area contributed by atoms with Crippen LogP contribution in [0.15, 0.2) is 110 Å². The Balaban J connectivity index is 0.527. The van der Waals surface area contributed by atoms with Gasteiger partial charge in [0.15, 0.2) is 34.9 Å². The maximum absolute atomic E-state index is 13.6. The zero-order chi connectivity index (χ0) is 108. The van der Waals surface area contributed by atoms with E-state index in [1.807, 2.05) is 19.0 Å². The molecule has 0 aliphatic rings. The largest absolute Gasteiger partial charge is 0.356 e. The van der Waals surface area contributed by atoms with Crippen molar-refractivity contribution in [2.24, 2.45) is 70.5 Å². The molecule has 0 aliphatic heterocycles. The molecule has 11 rings (SSSR count). The average Bonchev–Trinajstić information content (AvgIpc) is 1.69. The number of unbranched alkanes of at least 4 members (excludes halogenated alkanes) is 3. The summed E-state index contributed by atoms with van der Waals surface area (Å²) >= 11 is 0. The molecule has 11 aromatic rings. The Labute approximate surface area is 850 Å². The smallest absolute Gasteiger partial charge is 0.292 e. The monoisotopic (exact) mass is 2060 g/mol. The maximum atomic E-state index is 13.6. The lowest BCUT2D eigenvalue weighted by Crippen LogP contribution is -2.32. The number of carbonyl (C=O) groups is 19. The minimum Gasteiger partial charge on any atom is -0.356 e. The number of imidazole rings is 6. The van der Waals surface area contributed by atoms with Gasteiger partial charge in [0.1, 0.15) is 22.8 Å². The van der Waals surface area contributed by atoms with Crippen LogP contribution in [0.5, 0.6) is 0 Å². The molecule has 0 radical (unpaired) electrons. The number of hydrogen-bond acceptors (Lipinski definition) is 27. The fraction of sp³-hybridized carbons (Fsp3) is 0.366. The van der Waals surface area contributed by atoms with Crippen LogP contribution in [-0.2, 0) is 109 Å². The molecule has 10 heterocycles. The standard InChI is InChI=1S/C93H118N36O20/c1-119(2)38-18-32-94-69(130)27-35-100-88(143)77-114-67(51-124(77)7)116-93(148)82-115-68(52-129(82)12)117-92(147)81-113-66(50-128(81)11)109-75(136)30-37-99-86(141)61-41-57(45-122(61)5)104-89(144)78-110-63(47-125(78)8)106-72(133)21-17-31-96-84(139)59-40-56(44-121(59)4)103-90(145)79-112-65(49-127(79)10)108-74(135)29-36-98-85(140)60-39-55(43-120(60)3)102-87(142)62-42-58(46-123(62)6)105-91(146)80-111-64(48-126(80)9)107-73(134)28-33-95-70(131)26-34-97-83(138)53-22-24-54(25-23-53)101-71(132)19-15-13-14-16-20-76(137)118-149/h22-25,39-52,149H,13-21,26-38H2,1-12H3,(H,94,130)(H,95,131)(H,96,139)(H,97,138)(H,98,140)(H,99,141)(H,100,143)(H,101,132)(H,102,142)(H,103,145)(H,104,144)(H,105,146)(H,106,133)(H,107,134)(H,108,135)(H,109,136)(H,116,148)(H,117,147)(H,118,137). The molecule has 0 fully saturated rings. The lowest BCUT2D eigenvalue weighted by Gasteiger charge is -2.10. The predicted octanol–water partition coefficient (Wildman–Crippen LogP) is 1.86. The summed E-state index contributed by atoms with van der Waals surface area (Å²) in [4.78, 5) is 274. The van der Waals surface area contributed by atoms with Gasteiger partial charge in [0, 0.05) is 241 Å². The molecule has 10 aromatic heterocycles. The Morgan fingerprint density at radius 1 is 0.235 bits per heavy atom. The highest BCUT2D eigenvalue weighted by Gasteiger charge is 2.28. The van der Waals surface area contributed by atoms with Crippen LogP contribution >= 0.6 is 0 Å². The molecule has 0 atom stereocenters. The number of benzene rings is 1. The summed E-state index contributed by atoms with van der Waals surface area (Å²) < 4.78 is 14.1. The zero-order valence-corrected chi connectivity index (χ0v) is 83.8. The van der Waals surface area contributed by atoms with Gasteiger partial charge in [-0.1, -0.05) is 12.8 Å². The summed E-state index contributed by atoms with van der Waals surface area (Å²) in [6.45, 7) is 1.13. The summed E-state index contributed by atoms with van der Waals surface area (Å²) in [7, 11) is 19.3. The van der Waals surface area contributed by atoms with E-state index in [0.717, 1.165) is 25.8 Å². The molecule has 0 spiro atoms. The second-order valence-electron chi connectivity index (χ2n) is 34.7. The minimum absolute atomic E-state index is 0.00136. The van der Waals surface area contributed by atoms with Gasteiger partial charge in [0.25, 0.3) is 65.0 Å². The van der Waals surface area contributed by atoms with Crippen LogP contribution in [0.4, 0.5) is 63.3 Å². The molecule has 0 aliphatic carbocycles. The van der Waals surface area contributed by atoms with Crippen molar-refractivity contribution in [3.8, 4) is 0 Å². The van der Waals surface area contributed by atoms with Gasteiger partial charge in [-0.05, 0) is 94.9 Å². The summed E-state index contributed by atoms with van der Waals surface area (Å²) in [5.41, 5.74) is 3.79. The molecule has 0 saturated carbocycles. The third kappa shape index (κ3) is 32.5. The zero-order valence-electron chi connectivity index (χ0n) is 83.8. The highest BCUT2D eigenvalue weighted by atomic mass is 16.5. The Kier molecular flexibility index (Phi) is 38.8. The van der Waals surface area contributed by atoms with E-state index in [4.69, 9.17) is 5.21 Å². The molecular formula is C93H118N36O20. The molecule has 0 bridgehead atoms. The number of amides is 19. The van der Waals surface area contributed by atoms with Crippen molar-refractivity contribution in [2.75, 3.05) is 125 Å². The van der Waals surface area contributed by atoms with Gasteiger partial charge in [0.2, 0.25) is 82.2 Å². The van der Waals surface area contributed by atoms with Crippen molar-refractivity contribution >= 4 is 176 Å². The first-order valence-electron chi connectivity index (χ1n) is 46.9. The molecule has 1 aromatic carbocycles. The fourth-order valence-electron chi connectivity index (χ4n) is 14.9. The molecule has 56 nitrogen and oxygen atoms in total. The summed E-state index contributed by atoms with van der Waals surface area (Å²) in [5, 5.41) is 56.5. The third-order valence-corrected chi connectivity index (χ3v) is 22.3. The fourth-order valence-corrected chi connectivity index (χ4v) is 14.9. The number of anilines is 11. The topological polar surface area (TPSA) is 703 Å². The van der Waals surface area contributed by atoms with E-state index in [1.165, 1.54) is 179 Å². The molecule has 0 unspecified atom stereocenters. The van der Waals surface area contributed by atoms with Gasteiger partial charge in [-0.2, -0.15) is 0 Å². The molecule has 0 saturated heterocycles. The second kappa shape index (κ2) is 52.1. The van der Waals surface area contributed by atoms with Gasteiger partial charge >= 0.3 is 0 Å². The van der Waals surface area contributed by atoms with Gasteiger partial charge < -0.3 is 146 Å². The second-order valence-corrected chi connectivity index (χ2v) is 34.7. The molecule has 19 amide bonds. The Morgan fingerprint density at radius 2 is 0.497 bits per heavy atom. The van der Waals surface area contributed by atoms with Crippen molar-refractivity contribution in [1.29, 1.82) is 0 Å². The van der Waals surface area contributed by atoms with Crippen LogP contribution < -0.4 is 101 Å². The first kappa shape index (κ1) is 111. The first-order valence-corrected chi connectivity index (χ1v) is 46.9. The Hall–Kier alpha value is -18.5. The van der Waals surface area contributed by atoms with E-state index < -0.39 is 100 Å². The summed E-state index contributed by atoms with van der Waals surface area (Å²) in [6, 6.07) is 11.9. The van der Waals surface area contributed by atoms with Gasteiger partial charge in [-0.15, -0.1) is 0 Å². The van der Waals surface area contributed by atoms with Crippen LogP contribution in [0, 0.1) is 0 Å². The number of rotatable bonds is 52. The molecular weight excluding hydrogens is 1940 g/mol. The van der Waals surface area contributed by atoms with Crippen LogP contribution in [0.3, 0.4) is 0 Å². The quantitative estimate of drug-likeness (QED) is 0.0147. The first-order chi connectivity index (χ1) is 71.0. The maximum Gasteiger partial charge on any atom is 0.292 e. The average molecular weight is 2060 g/mol. The van der Waals surface area contributed by atoms with Gasteiger partial charge in [-0.25, -0.2) is 35.4 Å². The number of hydroxylamine groups is 1. The van der Waals surface area contributed by atoms with E-state index in [0.29, 0.717) is 30.6 Å². The number of nitrogens with zero attached hydrogens (tertiary/aromatic N) is 17. The Bertz CT molecular complexity index is 6860. The summed E-state index contributed by atoms with van der Waals surface area (Å²) in [6.07, 6.45) is 17.8. The lowest BCUT2D eigenvalue weighted by atomic mass is 10.1. The summed E-state index contributed by atoms with van der Waals surface area (Å²) in [5.74, 6) is -10.7. The molecule has 20 N–H and O–H groups in total. The Morgan fingerprint density at radius 3 is 0.852 bits per heavy atom. The number of nitrogens with one attached hydrogen (secondary N) is 19. The normalized spacial score (nSPS) is 10.9. The van der Waals surface area contributed by atoms with Crippen molar-refractivity contribution in [2.45, 2.75) is 89.9 Å². The number of aryl methyl sites for hydroxylation is 10. The highest BCUT2D eigenvalue weighted by Crippen LogP contribution is 2.24. The SMILES string of the molecule is CN(C)CCCNC(=O)CCNC(=O)c1nc(NC(=O)c2nc(NC(=O)c3nc(NC(=O)CCNC(=O)c4cc(NC(=O)c5nc(NC(=O)CCCNC(=O)c6cc(NC(=O)c7nc(NC(=O)CCNC(=O)c8cc(NC(=O)c9cc(NC(=O)c%10nc(NC(=O)CCNC(=O)CCNC(=O)c%11ccc(NC(=O)CCCCCCC(=O)NO)cc%11)cn%10C)cn9C)cn8C)cn7C)cn6C)cn5C)cn4C)cn3C)cn2C)cn1C. The van der Waals surface area contributed by atoms with E-state index in [2.05, 4.69) is 126 Å². The van der Waals surface area contributed by atoms with Crippen molar-refractivity contribution in [3.05, 3.63) is 174 Å². The van der Waals surface area contributed by atoms with E-state index in [9.17, 15) is 91.1 Å². The number of aromatic nitrogens is 16. The molecule has 149 heavy (non-hydrogen) atoms. The van der Waals surface area contributed by atoms with E-state index >= 15 is 0 Å². The lowest BCUT2D eigenvalue weighted by molar-refractivity contribution is -0.129. The van der Waals surface area contributed by atoms with Crippen LogP contribution in [-0.4, -0.2) is 264 Å². The van der Waals surface area contributed by atoms with Crippen molar-refractivity contribution in [1.82, 2.24) is 123 Å². The van der Waals surface area contributed by atoms with Crippen LogP contribution in [0.1, 0.15) is 206 Å². The number of carbonyl (C=O) groups excluding carboxylic acids is 19. The molecule has 56 heteroatoms. The number of hydrogen-bond donors (Lipinski definition) is 20. The van der Waals surface area contributed by atoms with Crippen molar-refractivity contribution in [3.63, 3.8) is 0 Å². The minimum atomic E-state index is -0.737. The van der Waals surface area contributed by atoms with Crippen molar-refractivity contribution < 1.29 is 96.3 Å². The predicted molar refractivity (Wildman–Crippen MR) is 539 cm³/mol. The van der Waals surface area contributed by atoms with Crippen LogP contribution in [0.2, 0.25) is 0 Å². The van der Waals surface area contributed by atoms with E-state index in [1.54, 1.807) is 52.9 Å². The van der Waals surface area contributed by atoms with Gasteiger partial charge in [-0.3, -0.25) is 96.3 Å². The third-order valence-electron chi connectivity index (χ3n) is 22.3. The van der Waals surface area contributed by atoms with Gasteiger partial charge in [0.05, 0.1) is 22.7 Å².